The van der Waals surface area contributed by atoms with Gasteiger partial charge < -0.3 is 5.32 Å². The molecule has 2 rings (SSSR count). The van der Waals surface area contributed by atoms with E-state index in [-0.39, 0.29) is 4.90 Å². The monoisotopic (exact) mass is 348 g/mol. The fourth-order valence-electron chi connectivity index (χ4n) is 1.89. The van der Waals surface area contributed by atoms with E-state index in [1.807, 2.05) is 6.26 Å². The van der Waals surface area contributed by atoms with E-state index in [0.29, 0.717) is 24.2 Å². The maximum atomic E-state index is 12.1. The van der Waals surface area contributed by atoms with Gasteiger partial charge in [0.25, 0.3) is 0 Å². The topological polar surface area (TPSA) is 58.2 Å². The molecule has 0 aliphatic heterocycles. The molecular weight excluding hydrogens is 328 g/mol. The minimum absolute atomic E-state index is 0.229. The summed E-state index contributed by atoms with van der Waals surface area (Å²) in [5, 5.41) is 3.86. The summed E-state index contributed by atoms with van der Waals surface area (Å²) in [6, 6.07) is 5.53. The third kappa shape index (κ3) is 5.45. The molecule has 0 spiro atoms. The van der Waals surface area contributed by atoms with E-state index < -0.39 is 10.0 Å². The molecular formula is C14H21ClN2O2S2. The number of hydrogen-bond acceptors (Lipinski definition) is 4. The average molecular weight is 349 g/mol. The van der Waals surface area contributed by atoms with Crippen molar-refractivity contribution in [1.29, 1.82) is 0 Å². The number of rotatable bonds is 9. The molecule has 1 aromatic carbocycles. The fraction of sp³-hybridized carbons (Fsp3) is 0.571. The zero-order valence-corrected chi connectivity index (χ0v) is 14.5. The van der Waals surface area contributed by atoms with Crippen LogP contribution in [0.1, 0.15) is 24.8 Å². The normalized spacial score (nSPS) is 15.3. The number of hydrogen-bond donors (Lipinski definition) is 2. The van der Waals surface area contributed by atoms with Gasteiger partial charge in [0.1, 0.15) is 0 Å². The Morgan fingerprint density at radius 3 is 2.76 bits per heavy atom. The molecule has 1 saturated carbocycles. The van der Waals surface area contributed by atoms with Gasteiger partial charge in [-0.3, -0.25) is 0 Å². The Labute approximate surface area is 136 Å². The van der Waals surface area contributed by atoms with Crippen LogP contribution in [0.4, 0.5) is 0 Å². The predicted molar refractivity (Wildman–Crippen MR) is 89.5 cm³/mol. The summed E-state index contributed by atoms with van der Waals surface area (Å²) in [5.74, 6) is 0.940. The zero-order chi connectivity index (χ0) is 15.3. The smallest absolute Gasteiger partial charge is 0.240 e. The van der Waals surface area contributed by atoms with E-state index in [2.05, 4.69) is 10.0 Å². The number of sulfonamides is 1. The van der Waals surface area contributed by atoms with E-state index in [1.165, 1.54) is 18.9 Å². The van der Waals surface area contributed by atoms with Crippen molar-refractivity contribution in [2.24, 2.45) is 0 Å². The standard InChI is InChI=1S/C14H21ClN2O2S2/c1-20-8-2-7-17-21(18,19)13-6-3-11(14(15)9-13)10-16-12-4-5-12/h3,6,9,12,16-17H,2,4-5,7-8,10H2,1H3. The van der Waals surface area contributed by atoms with Crippen molar-refractivity contribution in [2.75, 3.05) is 18.6 Å². The van der Waals surface area contributed by atoms with Crippen LogP contribution < -0.4 is 10.0 Å². The molecule has 0 atom stereocenters. The lowest BCUT2D eigenvalue weighted by atomic mass is 10.2. The maximum absolute atomic E-state index is 12.1. The summed E-state index contributed by atoms with van der Waals surface area (Å²) in [6.45, 7) is 1.14. The molecule has 1 aliphatic rings. The lowest BCUT2D eigenvalue weighted by Gasteiger charge is -2.10. The van der Waals surface area contributed by atoms with Gasteiger partial charge >= 0.3 is 0 Å². The molecule has 0 unspecified atom stereocenters. The number of nitrogens with one attached hydrogen (secondary N) is 2. The Balaban J connectivity index is 1.96. The van der Waals surface area contributed by atoms with E-state index in [1.54, 1.807) is 23.9 Å². The van der Waals surface area contributed by atoms with Crippen LogP contribution in [0.15, 0.2) is 23.1 Å². The number of halogens is 1. The maximum Gasteiger partial charge on any atom is 0.240 e. The van der Waals surface area contributed by atoms with Crippen molar-refractivity contribution < 1.29 is 8.42 Å². The molecule has 21 heavy (non-hydrogen) atoms. The quantitative estimate of drug-likeness (QED) is 0.673. The van der Waals surface area contributed by atoms with Gasteiger partial charge in [-0.2, -0.15) is 11.8 Å². The third-order valence-electron chi connectivity index (χ3n) is 3.31. The van der Waals surface area contributed by atoms with Gasteiger partial charge in [0.05, 0.1) is 4.90 Å². The molecule has 1 fully saturated rings. The van der Waals surface area contributed by atoms with Crippen molar-refractivity contribution in [3.05, 3.63) is 28.8 Å². The van der Waals surface area contributed by atoms with Crippen LogP contribution in [0, 0.1) is 0 Å². The SMILES string of the molecule is CSCCCNS(=O)(=O)c1ccc(CNC2CC2)c(Cl)c1. The highest BCUT2D eigenvalue weighted by Gasteiger charge is 2.21. The van der Waals surface area contributed by atoms with Crippen molar-refractivity contribution in [1.82, 2.24) is 10.0 Å². The van der Waals surface area contributed by atoms with Gasteiger partial charge in [0.2, 0.25) is 10.0 Å². The second-order valence-electron chi connectivity index (χ2n) is 5.15. The highest BCUT2D eigenvalue weighted by molar-refractivity contribution is 7.98. The molecule has 0 aromatic heterocycles. The van der Waals surface area contributed by atoms with Crippen LogP contribution in [0.25, 0.3) is 0 Å². The van der Waals surface area contributed by atoms with Crippen molar-refractivity contribution in [2.45, 2.75) is 36.7 Å². The molecule has 0 bridgehead atoms. The summed E-state index contributed by atoms with van der Waals surface area (Å²) in [5.41, 5.74) is 0.935. The second-order valence-corrected chi connectivity index (χ2v) is 8.31. The molecule has 1 aliphatic carbocycles. The molecule has 1 aromatic rings. The van der Waals surface area contributed by atoms with Gasteiger partial charge in [-0.1, -0.05) is 17.7 Å². The summed E-state index contributed by atoms with van der Waals surface area (Å²) in [6.07, 6.45) is 5.24. The van der Waals surface area contributed by atoms with Gasteiger partial charge in [0, 0.05) is 24.2 Å². The first-order chi connectivity index (χ1) is 10.0. The number of thioether (sulfide) groups is 1. The highest BCUT2D eigenvalue weighted by Crippen LogP contribution is 2.23. The zero-order valence-electron chi connectivity index (χ0n) is 12.1. The molecule has 0 saturated heterocycles. The van der Waals surface area contributed by atoms with Crippen LogP contribution in [0.5, 0.6) is 0 Å². The van der Waals surface area contributed by atoms with Crippen LogP contribution >= 0.6 is 23.4 Å². The number of benzene rings is 1. The molecule has 0 radical (unpaired) electrons. The Kier molecular flexibility index (Phi) is 6.37. The third-order valence-corrected chi connectivity index (χ3v) is 5.82. The summed E-state index contributed by atoms with van der Waals surface area (Å²) in [4.78, 5) is 0.229. The van der Waals surface area contributed by atoms with Crippen molar-refractivity contribution in [3.8, 4) is 0 Å². The van der Waals surface area contributed by atoms with Gasteiger partial charge in [0.15, 0.2) is 0 Å². The minimum atomic E-state index is -3.46. The van der Waals surface area contributed by atoms with Gasteiger partial charge in [-0.25, -0.2) is 13.1 Å². The Bertz CT molecular complexity index is 574. The average Bonchev–Trinajstić information content (AvgIpc) is 3.26. The van der Waals surface area contributed by atoms with Crippen LogP contribution in [-0.2, 0) is 16.6 Å². The van der Waals surface area contributed by atoms with E-state index >= 15 is 0 Å². The van der Waals surface area contributed by atoms with E-state index in [9.17, 15) is 8.42 Å². The Morgan fingerprint density at radius 1 is 1.38 bits per heavy atom. The molecule has 7 heteroatoms. The predicted octanol–water partition coefficient (Wildman–Crippen LogP) is 2.62. The van der Waals surface area contributed by atoms with Crippen molar-refractivity contribution in [3.63, 3.8) is 0 Å². The van der Waals surface area contributed by atoms with Crippen molar-refractivity contribution >= 4 is 33.4 Å². The van der Waals surface area contributed by atoms with Gasteiger partial charge in [-0.05, 0) is 49.0 Å². The minimum Gasteiger partial charge on any atom is -0.310 e. The molecule has 0 amide bonds. The van der Waals surface area contributed by atoms with Crippen LogP contribution in [0.3, 0.4) is 0 Å². The summed E-state index contributed by atoms with van der Waals surface area (Å²) >= 11 is 7.89. The Morgan fingerprint density at radius 2 is 2.14 bits per heavy atom. The first-order valence-electron chi connectivity index (χ1n) is 7.03. The lowest BCUT2D eigenvalue weighted by molar-refractivity contribution is 0.581. The molecule has 2 N–H and O–H groups in total. The molecule has 0 heterocycles. The first-order valence-corrected chi connectivity index (χ1v) is 10.3. The highest BCUT2D eigenvalue weighted by atomic mass is 35.5. The Hall–Kier alpha value is -0.270. The largest absolute Gasteiger partial charge is 0.310 e. The van der Waals surface area contributed by atoms with Crippen LogP contribution in [-0.4, -0.2) is 33.0 Å². The first kappa shape index (κ1) is 17.1. The summed E-state index contributed by atoms with van der Waals surface area (Å²) in [7, 11) is -3.46. The second kappa shape index (κ2) is 7.83. The van der Waals surface area contributed by atoms with Crippen LogP contribution in [0.2, 0.25) is 5.02 Å². The summed E-state index contributed by atoms with van der Waals surface area (Å²) < 4.78 is 26.9. The van der Waals surface area contributed by atoms with E-state index in [4.69, 9.17) is 11.6 Å². The molecule has 4 nitrogen and oxygen atoms in total. The lowest BCUT2D eigenvalue weighted by Crippen LogP contribution is -2.25. The fourth-order valence-corrected chi connectivity index (χ4v) is 3.73. The molecule has 118 valence electrons. The van der Waals surface area contributed by atoms with E-state index in [0.717, 1.165) is 17.7 Å². The van der Waals surface area contributed by atoms with Gasteiger partial charge in [-0.15, -0.1) is 0 Å².